The van der Waals surface area contributed by atoms with E-state index in [1.165, 1.54) is 12.3 Å². The topological polar surface area (TPSA) is 91.7 Å². The highest BCUT2D eigenvalue weighted by molar-refractivity contribution is 5.55. The summed E-state index contributed by atoms with van der Waals surface area (Å²) in [5, 5.41) is 25.7. The molecule has 0 saturated heterocycles. The van der Waals surface area contributed by atoms with E-state index in [4.69, 9.17) is 14.0 Å². The summed E-state index contributed by atoms with van der Waals surface area (Å²) in [6.45, 7) is 0.299. The Morgan fingerprint density at radius 2 is 1.47 bits per heavy atom. The molecule has 7 nitrogen and oxygen atoms in total. The van der Waals surface area contributed by atoms with Gasteiger partial charge in [0.15, 0.2) is 17.2 Å². The van der Waals surface area contributed by atoms with Crippen molar-refractivity contribution in [3.05, 3.63) is 101 Å². The van der Waals surface area contributed by atoms with Crippen molar-refractivity contribution in [1.82, 2.24) is 5.16 Å². The summed E-state index contributed by atoms with van der Waals surface area (Å²) in [6, 6.07) is 22.4. The lowest BCUT2D eigenvalue weighted by molar-refractivity contribution is -0.594. The van der Waals surface area contributed by atoms with Gasteiger partial charge in [0, 0.05) is 6.07 Å². The number of ether oxygens (including phenoxy) is 2. The predicted octanol–water partition coefficient (Wildman–Crippen LogP) is 3.63. The van der Waals surface area contributed by atoms with Crippen molar-refractivity contribution < 1.29 is 23.8 Å². The third kappa shape index (κ3) is 4.59. The zero-order valence-electron chi connectivity index (χ0n) is 16.1. The van der Waals surface area contributed by atoms with E-state index in [9.17, 15) is 10.3 Å². The van der Waals surface area contributed by atoms with Crippen LogP contribution in [0.5, 0.6) is 11.5 Å². The van der Waals surface area contributed by atoms with E-state index in [1.807, 2.05) is 60.7 Å². The molecule has 2 heterocycles. The van der Waals surface area contributed by atoms with E-state index in [0.717, 1.165) is 11.1 Å². The van der Waals surface area contributed by atoms with Gasteiger partial charge in [0.25, 0.3) is 0 Å². The van der Waals surface area contributed by atoms with Gasteiger partial charge >= 0.3 is 0 Å². The highest BCUT2D eigenvalue weighted by atomic mass is 16.5. The van der Waals surface area contributed by atoms with Gasteiger partial charge in [-0.25, -0.2) is 0 Å². The number of aliphatic hydroxyl groups is 1. The van der Waals surface area contributed by atoms with Crippen LogP contribution < -0.4 is 14.2 Å². The zero-order valence-corrected chi connectivity index (χ0v) is 16.1. The van der Waals surface area contributed by atoms with Crippen LogP contribution in [0, 0.1) is 5.21 Å². The van der Waals surface area contributed by atoms with Crippen molar-refractivity contribution in [2.24, 2.45) is 0 Å². The van der Waals surface area contributed by atoms with Gasteiger partial charge in [-0.15, -0.1) is 0 Å². The molecule has 0 aliphatic heterocycles. The third-order valence-corrected chi connectivity index (χ3v) is 4.43. The van der Waals surface area contributed by atoms with Crippen LogP contribution in [0.15, 0.2) is 83.5 Å². The summed E-state index contributed by atoms with van der Waals surface area (Å²) in [7, 11) is 0. The Bertz CT molecular complexity index is 1100. The molecular weight excluding hydrogens is 384 g/mol. The van der Waals surface area contributed by atoms with Gasteiger partial charge in [-0.2, -0.15) is 4.73 Å². The van der Waals surface area contributed by atoms with Crippen LogP contribution in [-0.4, -0.2) is 10.3 Å². The second kappa shape index (κ2) is 9.11. The molecule has 0 fully saturated rings. The van der Waals surface area contributed by atoms with Crippen LogP contribution in [0.3, 0.4) is 0 Å². The van der Waals surface area contributed by atoms with Gasteiger partial charge in [-0.1, -0.05) is 65.8 Å². The monoisotopic (exact) mass is 404 g/mol. The number of benzene rings is 2. The normalized spacial score (nSPS) is 10.7. The molecule has 152 valence electrons. The number of aliphatic hydroxyl groups excluding tert-OH is 1. The molecular formula is C23H20N2O5. The number of aromatic nitrogens is 2. The van der Waals surface area contributed by atoms with Crippen LogP contribution in [0.25, 0.3) is 11.4 Å². The Hall–Kier alpha value is -3.84. The first kappa shape index (κ1) is 19.5. The smallest absolute Gasteiger partial charge is 0.249 e. The number of hydrogen-bond donors (Lipinski definition) is 1. The van der Waals surface area contributed by atoms with Gasteiger partial charge in [0.1, 0.15) is 19.8 Å². The molecule has 0 aliphatic carbocycles. The Balaban J connectivity index is 1.63. The van der Waals surface area contributed by atoms with E-state index in [2.05, 4.69) is 5.16 Å². The standard InChI is InChI=1S/C23H20N2O5/c26-14-19-11-20(24-30-19)21-12-22(28-15-17-7-3-1-4-8-17)23(13-25(21)27)29-16-18-9-5-2-6-10-18/h1-13,26H,14-16H2. The first-order valence-electron chi connectivity index (χ1n) is 9.40. The highest BCUT2D eigenvalue weighted by Crippen LogP contribution is 2.31. The summed E-state index contributed by atoms with van der Waals surface area (Å²) >= 11 is 0. The second-order valence-electron chi connectivity index (χ2n) is 6.60. The lowest BCUT2D eigenvalue weighted by atomic mass is 10.2. The summed E-state index contributed by atoms with van der Waals surface area (Å²) in [5.74, 6) is 0.992. The minimum absolute atomic E-state index is 0.230. The van der Waals surface area contributed by atoms with Gasteiger partial charge in [-0.05, 0) is 11.1 Å². The van der Waals surface area contributed by atoms with Crippen molar-refractivity contribution in [3.63, 3.8) is 0 Å². The van der Waals surface area contributed by atoms with Crippen LogP contribution in [0.2, 0.25) is 0 Å². The van der Waals surface area contributed by atoms with E-state index in [1.54, 1.807) is 6.07 Å². The summed E-state index contributed by atoms with van der Waals surface area (Å²) in [4.78, 5) is 0. The zero-order chi connectivity index (χ0) is 20.8. The second-order valence-corrected chi connectivity index (χ2v) is 6.60. The average molecular weight is 404 g/mol. The Morgan fingerprint density at radius 1 is 0.867 bits per heavy atom. The predicted molar refractivity (Wildman–Crippen MR) is 108 cm³/mol. The number of pyridine rings is 1. The van der Waals surface area contributed by atoms with Crippen LogP contribution >= 0.6 is 0 Å². The molecule has 0 atom stereocenters. The number of nitrogens with zero attached hydrogens (tertiary/aromatic N) is 2. The molecule has 0 unspecified atom stereocenters. The Kier molecular flexibility index (Phi) is 5.91. The molecule has 0 aliphatic rings. The van der Waals surface area contributed by atoms with Crippen molar-refractivity contribution in [3.8, 4) is 22.9 Å². The van der Waals surface area contributed by atoms with Crippen molar-refractivity contribution in [2.45, 2.75) is 19.8 Å². The van der Waals surface area contributed by atoms with E-state index in [0.29, 0.717) is 35.1 Å². The molecule has 30 heavy (non-hydrogen) atoms. The molecule has 2 aromatic heterocycles. The summed E-state index contributed by atoms with van der Waals surface area (Å²) in [5.41, 5.74) is 2.48. The average Bonchev–Trinajstić information content (AvgIpc) is 3.27. The van der Waals surface area contributed by atoms with E-state index < -0.39 is 0 Å². The molecule has 7 heteroatoms. The summed E-state index contributed by atoms with van der Waals surface area (Å²) < 4.78 is 17.5. The lowest BCUT2D eigenvalue weighted by Crippen LogP contribution is -2.29. The van der Waals surface area contributed by atoms with Crippen LogP contribution in [-0.2, 0) is 19.8 Å². The van der Waals surface area contributed by atoms with Crippen molar-refractivity contribution >= 4 is 0 Å². The van der Waals surface area contributed by atoms with E-state index in [-0.39, 0.29) is 18.1 Å². The quantitative estimate of drug-likeness (QED) is 0.356. The maximum atomic E-state index is 12.6. The Labute approximate surface area is 173 Å². The largest absolute Gasteiger partial charge is 0.618 e. The number of hydrogen-bond acceptors (Lipinski definition) is 6. The van der Waals surface area contributed by atoms with Crippen molar-refractivity contribution in [2.75, 3.05) is 0 Å². The molecule has 1 N–H and O–H groups in total. The van der Waals surface area contributed by atoms with Gasteiger partial charge < -0.3 is 24.3 Å². The molecule has 4 rings (SSSR count). The fourth-order valence-electron chi connectivity index (χ4n) is 2.89. The van der Waals surface area contributed by atoms with Gasteiger partial charge in [0.05, 0.1) is 6.07 Å². The summed E-state index contributed by atoms with van der Waals surface area (Å²) in [6.07, 6.45) is 1.31. The first-order chi connectivity index (χ1) is 14.7. The number of rotatable bonds is 8. The fraction of sp³-hybridized carbons (Fsp3) is 0.130. The molecule has 0 spiro atoms. The molecule has 0 amide bonds. The van der Waals surface area contributed by atoms with Gasteiger partial charge in [-0.3, -0.25) is 0 Å². The highest BCUT2D eigenvalue weighted by Gasteiger charge is 2.21. The van der Waals surface area contributed by atoms with Gasteiger partial charge in [0.2, 0.25) is 17.6 Å². The minimum atomic E-state index is -0.304. The molecule has 0 bridgehead atoms. The molecule has 0 saturated carbocycles. The maximum Gasteiger partial charge on any atom is 0.249 e. The molecule has 2 aromatic carbocycles. The van der Waals surface area contributed by atoms with E-state index >= 15 is 0 Å². The third-order valence-electron chi connectivity index (χ3n) is 4.43. The first-order valence-corrected chi connectivity index (χ1v) is 9.40. The SMILES string of the molecule is [O-][n+]1cc(OCc2ccccc2)c(OCc2ccccc2)cc1-c1cc(CO)on1. The maximum absolute atomic E-state index is 12.6. The lowest BCUT2D eigenvalue weighted by Gasteiger charge is -2.14. The molecule has 0 radical (unpaired) electrons. The minimum Gasteiger partial charge on any atom is -0.618 e. The van der Waals surface area contributed by atoms with Crippen LogP contribution in [0.1, 0.15) is 16.9 Å². The molecule has 4 aromatic rings. The van der Waals surface area contributed by atoms with Crippen molar-refractivity contribution in [1.29, 1.82) is 0 Å². The van der Waals surface area contributed by atoms with Crippen LogP contribution in [0.4, 0.5) is 0 Å². The fourth-order valence-corrected chi connectivity index (χ4v) is 2.89. The Morgan fingerprint density at radius 3 is 2.03 bits per heavy atom.